The van der Waals surface area contributed by atoms with E-state index in [0.717, 1.165) is 16.9 Å². The summed E-state index contributed by atoms with van der Waals surface area (Å²) in [6.07, 6.45) is 0. The molecule has 0 unspecified atom stereocenters. The van der Waals surface area contributed by atoms with E-state index in [9.17, 15) is 4.39 Å². The number of rotatable bonds is 2. The number of hydrogen-bond donors (Lipinski definition) is 0. The molecule has 98 valence electrons. The Labute approximate surface area is 115 Å². The van der Waals surface area contributed by atoms with Gasteiger partial charge in [-0.25, -0.2) is 9.37 Å². The maximum Gasteiger partial charge on any atom is 0.128 e. The number of para-hydroxylation sites is 2. The van der Waals surface area contributed by atoms with Crippen LogP contribution in [-0.2, 0) is 6.54 Å². The molecule has 3 aromatic rings. The average molecular weight is 265 g/mol. The summed E-state index contributed by atoms with van der Waals surface area (Å²) >= 11 is 0. The number of hydrogen-bond acceptors (Lipinski definition) is 2. The maximum absolute atomic E-state index is 13.9. The van der Waals surface area contributed by atoms with Crippen LogP contribution < -0.4 is 0 Å². The van der Waals surface area contributed by atoms with Crippen molar-refractivity contribution in [2.45, 2.75) is 13.5 Å². The third-order valence-corrected chi connectivity index (χ3v) is 3.35. The van der Waals surface area contributed by atoms with Crippen LogP contribution >= 0.6 is 0 Å². The second kappa shape index (κ2) is 4.78. The molecule has 0 radical (unpaired) electrons. The lowest BCUT2D eigenvalue weighted by Crippen LogP contribution is -2.04. The Morgan fingerprint density at radius 3 is 2.85 bits per heavy atom. The van der Waals surface area contributed by atoms with Gasteiger partial charge in [0.25, 0.3) is 0 Å². The fourth-order valence-electron chi connectivity index (χ4n) is 2.33. The van der Waals surface area contributed by atoms with Crippen LogP contribution in [0.4, 0.5) is 4.39 Å². The molecule has 3 rings (SSSR count). The van der Waals surface area contributed by atoms with E-state index in [1.807, 2.05) is 41.8 Å². The second-order valence-corrected chi connectivity index (χ2v) is 4.65. The summed E-state index contributed by atoms with van der Waals surface area (Å²) in [5.74, 6) is 0.522. The third-order valence-electron chi connectivity index (χ3n) is 3.35. The van der Waals surface area contributed by atoms with Crippen molar-refractivity contribution < 1.29 is 4.39 Å². The monoisotopic (exact) mass is 265 g/mol. The Morgan fingerprint density at radius 1 is 1.25 bits per heavy atom. The molecule has 0 spiro atoms. The summed E-state index contributed by atoms with van der Waals surface area (Å²) in [5, 5.41) is 8.91. The van der Waals surface area contributed by atoms with Crippen LogP contribution in [0.2, 0.25) is 0 Å². The Bertz CT molecular complexity index is 827. The van der Waals surface area contributed by atoms with Crippen molar-refractivity contribution in [2.24, 2.45) is 0 Å². The molecule has 0 saturated carbocycles. The largest absolute Gasteiger partial charge is 0.324 e. The number of benzene rings is 2. The highest BCUT2D eigenvalue weighted by Crippen LogP contribution is 2.19. The van der Waals surface area contributed by atoms with Crippen LogP contribution in [0.25, 0.3) is 11.0 Å². The summed E-state index contributed by atoms with van der Waals surface area (Å²) in [6.45, 7) is 2.26. The number of fused-ring (bicyclic) bond motifs is 1. The fourth-order valence-corrected chi connectivity index (χ4v) is 2.33. The first-order valence-corrected chi connectivity index (χ1v) is 6.29. The molecule has 20 heavy (non-hydrogen) atoms. The number of aryl methyl sites for hydroxylation is 1. The second-order valence-electron chi connectivity index (χ2n) is 4.65. The predicted octanol–water partition coefficient (Wildman–Crippen LogP) is 3.40. The van der Waals surface area contributed by atoms with Gasteiger partial charge < -0.3 is 4.57 Å². The summed E-state index contributed by atoms with van der Waals surface area (Å²) < 4.78 is 15.8. The Hall–Kier alpha value is -2.67. The SMILES string of the molecule is Cc1nc2ccccc2n1Cc1cc(C#N)ccc1F. The third kappa shape index (κ3) is 2.04. The van der Waals surface area contributed by atoms with Crippen molar-refractivity contribution in [2.75, 3.05) is 0 Å². The van der Waals surface area contributed by atoms with Crippen LogP contribution in [0, 0.1) is 24.1 Å². The molecule has 3 nitrogen and oxygen atoms in total. The topological polar surface area (TPSA) is 41.6 Å². The van der Waals surface area contributed by atoms with Crippen molar-refractivity contribution in [3.05, 3.63) is 65.2 Å². The quantitative estimate of drug-likeness (QED) is 0.712. The van der Waals surface area contributed by atoms with Gasteiger partial charge in [-0.15, -0.1) is 0 Å². The highest BCUT2D eigenvalue weighted by Gasteiger charge is 2.10. The van der Waals surface area contributed by atoms with E-state index in [2.05, 4.69) is 4.98 Å². The molecule has 0 aliphatic rings. The van der Waals surface area contributed by atoms with Crippen molar-refractivity contribution >= 4 is 11.0 Å². The van der Waals surface area contributed by atoms with E-state index >= 15 is 0 Å². The molecule has 0 atom stereocenters. The highest BCUT2D eigenvalue weighted by molar-refractivity contribution is 5.75. The van der Waals surface area contributed by atoms with Crippen LogP contribution in [0.5, 0.6) is 0 Å². The highest BCUT2D eigenvalue weighted by atomic mass is 19.1. The predicted molar refractivity (Wildman–Crippen MR) is 74.7 cm³/mol. The lowest BCUT2D eigenvalue weighted by Gasteiger charge is -2.08. The van der Waals surface area contributed by atoms with Gasteiger partial charge in [-0.2, -0.15) is 5.26 Å². The first-order chi connectivity index (χ1) is 9.69. The minimum absolute atomic E-state index is 0.304. The number of nitriles is 1. The fraction of sp³-hybridized carbons (Fsp3) is 0.125. The zero-order valence-electron chi connectivity index (χ0n) is 11.0. The molecule has 0 saturated heterocycles. The van der Waals surface area contributed by atoms with Gasteiger partial charge in [0.2, 0.25) is 0 Å². The van der Waals surface area contributed by atoms with Gasteiger partial charge in [-0.05, 0) is 37.3 Å². The molecule has 1 aromatic heterocycles. The summed E-state index contributed by atoms with van der Waals surface area (Å²) in [4.78, 5) is 4.46. The first-order valence-electron chi connectivity index (χ1n) is 6.29. The normalized spacial score (nSPS) is 10.7. The molecule has 0 N–H and O–H groups in total. The van der Waals surface area contributed by atoms with Crippen LogP contribution in [0.3, 0.4) is 0 Å². The summed E-state index contributed by atoms with van der Waals surface area (Å²) in [5.41, 5.74) is 2.81. The van der Waals surface area contributed by atoms with Crippen LogP contribution in [-0.4, -0.2) is 9.55 Å². The molecule has 0 aliphatic heterocycles. The van der Waals surface area contributed by atoms with E-state index in [1.165, 1.54) is 12.1 Å². The molecule has 0 bridgehead atoms. The molecular weight excluding hydrogens is 253 g/mol. The zero-order valence-corrected chi connectivity index (χ0v) is 11.0. The van der Waals surface area contributed by atoms with Crippen molar-refractivity contribution in [3.8, 4) is 6.07 Å². The van der Waals surface area contributed by atoms with E-state index in [1.54, 1.807) is 6.07 Å². The van der Waals surface area contributed by atoms with Gasteiger partial charge in [0.15, 0.2) is 0 Å². The lowest BCUT2D eigenvalue weighted by molar-refractivity contribution is 0.599. The Morgan fingerprint density at radius 2 is 2.05 bits per heavy atom. The molecular formula is C16H12FN3. The van der Waals surface area contributed by atoms with Crippen LogP contribution in [0.15, 0.2) is 42.5 Å². The average Bonchev–Trinajstić information content (AvgIpc) is 2.77. The van der Waals surface area contributed by atoms with E-state index in [-0.39, 0.29) is 5.82 Å². The van der Waals surface area contributed by atoms with Gasteiger partial charge in [0, 0.05) is 5.56 Å². The molecule has 1 heterocycles. The smallest absolute Gasteiger partial charge is 0.128 e. The van der Waals surface area contributed by atoms with Gasteiger partial charge in [-0.1, -0.05) is 12.1 Å². The Balaban J connectivity index is 2.10. The van der Waals surface area contributed by atoms with Crippen LogP contribution in [0.1, 0.15) is 17.0 Å². The molecule has 0 amide bonds. The Kier molecular flexibility index (Phi) is 2.96. The molecule has 0 fully saturated rings. The van der Waals surface area contributed by atoms with Crippen molar-refractivity contribution in [3.63, 3.8) is 0 Å². The lowest BCUT2D eigenvalue weighted by atomic mass is 10.1. The van der Waals surface area contributed by atoms with Crippen molar-refractivity contribution in [1.29, 1.82) is 5.26 Å². The van der Waals surface area contributed by atoms with E-state index in [0.29, 0.717) is 17.7 Å². The molecule has 2 aromatic carbocycles. The number of nitrogens with zero attached hydrogens (tertiary/aromatic N) is 3. The van der Waals surface area contributed by atoms with Crippen molar-refractivity contribution in [1.82, 2.24) is 9.55 Å². The summed E-state index contributed by atoms with van der Waals surface area (Å²) in [7, 11) is 0. The number of imidazole rings is 1. The van der Waals surface area contributed by atoms with Gasteiger partial charge >= 0.3 is 0 Å². The van der Waals surface area contributed by atoms with Gasteiger partial charge in [0.05, 0.1) is 29.2 Å². The minimum atomic E-state index is -0.304. The minimum Gasteiger partial charge on any atom is -0.324 e. The van der Waals surface area contributed by atoms with E-state index < -0.39 is 0 Å². The molecule has 4 heteroatoms. The standard InChI is InChI=1S/C16H12FN3/c1-11-19-15-4-2-3-5-16(15)20(11)10-13-8-12(9-18)6-7-14(13)17/h2-8H,10H2,1H3. The maximum atomic E-state index is 13.9. The first kappa shape index (κ1) is 12.4. The number of halogens is 1. The molecule has 0 aliphatic carbocycles. The zero-order chi connectivity index (χ0) is 14.1. The van der Waals surface area contributed by atoms with Gasteiger partial charge in [0.1, 0.15) is 11.6 Å². The summed E-state index contributed by atoms with van der Waals surface area (Å²) in [6, 6.07) is 14.2. The van der Waals surface area contributed by atoms with E-state index in [4.69, 9.17) is 5.26 Å². The van der Waals surface area contributed by atoms with Gasteiger partial charge in [-0.3, -0.25) is 0 Å². The number of aromatic nitrogens is 2.